The molecule has 2 amide bonds. The molecule has 0 unspecified atom stereocenters. The summed E-state index contributed by atoms with van der Waals surface area (Å²) in [6, 6.07) is 8.96. The van der Waals surface area contributed by atoms with Crippen LogP contribution >= 0.6 is 0 Å². The van der Waals surface area contributed by atoms with Crippen molar-refractivity contribution in [2.45, 2.75) is 13.8 Å². The number of halogens is 1. The lowest BCUT2D eigenvalue weighted by atomic mass is 9.95. The van der Waals surface area contributed by atoms with Gasteiger partial charge in [0.1, 0.15) is 13.7 Å². The molecule has 0 bridgehead atoms. The summed E-state index contributed by atoms with van der Waals surface area (Å²) in [5.41, 5.74) is 10.8. The highest BCUT2D eigenvalue weighted by molar-refractivity contribution is 6.35. The average molecular weight is 400 g/mol. The summed E-state index contributed by atoms with van der Waals surface area (Å²) >= 11 is 0. The van der Waals surface area contributed by atoms with Gasteiger partial charge in [0.05, 0.1) is 22.5 Å². The zero-order valence-corrected chi connectivity index (χ0v) is 16.4. The molecule has 0 saturated heterocycles. The number of hydrogen-bond acceptors (Lipinski definition) is 3. The molecule has 2 heterocycles. The maximum atomic E-state index is 13.7. The molecule has 2 aromatic carbocycles. The third-order valence-corrected chi connectivity index (χ3v) is 5.08. The quantitative estimate of drug-likeness (QED) is 0.309. The first-order valence-electron chi connectivity index (χ1n) is 9.23. The second kappa shape index (κ2) is 7.22. The summed E-state index contributed by atoms with van der Waals surface area (Å²) in [6.45, 7) is 3.53. The number of anilines is 3. The largest absolute Gasteiger partial charge is 0.397 e. The number of aromatic amines is 1. The number of aryl methyl sites for hydroxylation is 1. The predicted octanol–water partition coefficient (Wildman–Crippen LogP) is 2.89. The van der Waals surface area contributed by atoms with Crippen LogP contribution in [-0.2, 0) is 4.79 Å². The number of nitrogen functional groups attached to an aromatic ring is 1. The Morgan fingerprint density at radius 2 is 1.97 bits per heavy atom. The minimum Gasteiger partial charge on any atom is -0.397 e. The highest BCUT2D eigenvalue weighted by Crippen LogP contribution is 2.34. The van der Waals surface area contributed by atoms with Crippen molar-refractivity contribution in [3.05, 3.63) is 70.3 Å². The van der Waals surface area contributed by atoms with Crippen molar-refractivity contribution < 1.29 is 14.0 Å². The van der Waals surface area contributed by atoms with Gasteiger partial charge in [0.25, 0.3) is 11.8 Å². The lowest BCUT2D eigenvalue weighted by Gasteiger charge is -2.10. The molecule has 2 radical (unpaired) electrons. The number of H-pyrrole nitrogens is 1. The van der Waals surface area contributed by atoms with Crippen molar-refractivity contribution in [2.24, 2.45) is 0 Å². The van der Waals surface area contributed by atoms with Crippen LogP contribution in [0.25, 0.3) is 11.6 Å². The van der Waals surface area contributed by atoms with Crippen LogP contribution in [0.3, 0.4) is 0 Å². The van der Waals surface area contributed by atoms with Gasteiger partial charge in [-0.15, -0.1) is 0 Å². The van der Waals surface area contributed by atoms with Crippen LogP contribution in [0.5, 0.6) is 0 Å². The molecule has 1 aliphatic heterocycles. The zero-order chi connectivity index (χ0) is 21.6. The van der Waals surface area contributed by atoms with Crippen LogP contribution in [0.1, 0.15) is 32.9 Å². The third kappa shape index (κ3) is 3.37. The number of carbonyl (C=O) groups excluding carboxylic acids is 2. The number of benzene rings is 2. The Hall–Kier alpha value is -3.81. The number of carbonyl (C=O) groups is 2. The maximum Gasteiger partial charge on any atom is 0.257 e. The van der Waals surface area contributed by atoms with Gasteiger partial charge in [0.15, 0.2) is 0 Å². The Kier molecular flexibility index (Phi) is 4.70. The lowest BCUT2D eigenvalue weighted by Crippen LogP contribution is -2.16. The zero-order valence-electron chi connectivity index (χ0n) is 16.4. The summed E-state index contributed by atoms with van der Waals surface area (Å²) < 4.78 is 13.7. The lowest BCUT2D eigenvalue weighted by molar-refractivity contribution is -0.110. The fraction of sp³-hybridized carbons (Fsp3) is 0.0909. The van der Waals surface area contributed by atoms with Gasteiger partial charge in [0.2, 0.25) is 0 Å². The third-order valence-electron chi connectivity index (χ3n) is 5.08. The van der Waals surface area contributed by atoms with Gasteiger partial charge in [0, 0.05) is 22.6 Å². The molecule has 5 N–H and O–H groups in total. The molecule has 1 aliphatic rings. The van der Waals surface area contributed by atoms with Gasteiger partial charge in [-0.05, 0) is 55.8 Å². The molecule has 30 heavy (non-hydrogen) atoms. The predicted molar refractivity (Wildman–Crippen MR) is 117 cm³/mol. The van der Waals surface area contributed by atoms with Crippen LogP contribution in [0.15, 0.2) is 36.4 Å². The Morgan fingerprint density at radius 3 is 2.73 bits per heavy atom. The fourth-order valence-electron chi connectivity index (χ4n) is 3.57. The first-order chi connectivity index (χ1) is 14.2. The van der Waals surface area contributed by atoms with E-state index in [4.69, 9.17) is 13.6 Å². The second-order valence-corrected chi connectivity index (χ2v) is 7.17. The van der Waals surface area contributed by atoms with Gasteiger partial charge >= 0.3 is 0 Å². The first kappa shape index (κ1) is 19.5. The minimum atomic E-state index is -0.435. The standard InChI is InChI=1S/C22H18BFN4O2/c1-10-18(9-15-14-8-13(24)4-6-17(14)27-21(15)29)26-11(2)20(10)22(30)28-19-7-12(23)3-5-16(19)25/h3-9,26H,25H2,1-2H3,(H,27,29)(H,28,30)/b15-9-. The molecule has 0 spiro atoms. The van der Waals surface area contributed by atoms with Crippen molar-refractivity contribution in [2.75, 3.05) is 16.4 Å². The minimum absolute atomic E-state index is 0.320. The van der Waals surface area contributed by atoms with E-state index in [9.17, 15) is 14.0 Å². The molecular formula is C22H18BFN4O2. The van der Waals surface area contributed by atoms with Crippen molar-refractivity contribution >= 4 is 53.8 Å². The smallest absolute Gasteiger partial charge is 0.257 e. The normalized spacial score (nSPS) is 14.0. The Labute approximate surface area is 173 Å². The number of nitrogens with one attached hydrogen (secondary N) is 3. The number of amides is 2. The molecule has 6 nitrogen and oxygen atoms in total. The molecule has 1 aromatic heterocycles. The van der Waals surface area contributed by atoms with E-state index in [1.165, 1.54) is 18.2 Å². The monoisotopic (exact) mass is 400 g/mol. The van der Waals surface area contributed by atoms with Crippen LogP contribution in [0.2, 0.25) is 0 Å². The molecule has 0 atom stereocenters. The van der Waals surface area contributed by atoms with E-state index < -0.39 is 5.82 Å². The van der Waals surface area contributed by atoms with Gasteiger partial charge < -0.3 is 21.4 Å². The van der Waals surface area contributed by atoms with Crippen molar-refractivity contribution in [3.63, 3.8) is 0 Å². The highest BCUT2D eigenvalue weighted by Gasteiger charge is 2.26. The van der Waals surface area contributed by atoms with E-state index in [0.29, 0.717) is 56.2 Å². The average Bonchev–Trinajstić information content (AvgIpc) is 3.14. The Balaban J connectivity index is 1.70. The number of fused-ring (bicyclic) bond motifs is 1. The summed E-state index contributed by atoms with van der Waals surface area (Å²) in [4.78, 5) is 28.4. The van der Waals surface area contributed by atoms with Crippen LogP contribution in [0, 0.1) is 19.7 Å². The molecule has 0 aliphatic carbocycles. The molecule has 148 valence electrons. The molecule has 0 saturated carbocycles. The van der Waals surface area contributed by atoms with E-state index in [-0.39, 0.29) is 11.8 Å². The summed E-state index contributed by atoms with van der Waals surface area (Å²) in [5, 5.41) is 5.48. The van der Waals surface area contributed by atoms with Crippen LogP contribution in [-0.4, -0.2) is 24.6 Å². The number of rotatable bonds is 3. The summed E-state index contributed by atoms with van der Waals surface area (Å²) in [5.74, 6) is -1.12. The van der Waals surface area contributed by atoms with E-state index in [0.717, 1.165) is 0 Å². The summed E-state index contributed by atoms with van der Waals surface area (Å²) in [7, 11) is 5.77. The van der Waals surface area contributed by atoms with E-state index in [2.05, 4.69) is 15.6 Å². The van der Waals surface area contributed by atoms with E-state index in [1.807, 2.05) is 0 Å². The van der Waals surface area contributed by atoms with Gasteiger partial charge in [-0.3, -0.25) is 9.59 Å². The van der Waals surface area contributed by atoms with Gasteiger partial charge in [-0.2, -0.15) is 0 Å². The summed E-state index contributed by atoms with van der Waals surface area (Å²) in [6.07, 6.45) is 1.62. The molecule has 4 rings (SSSR count). The van der Waals surface area contributed by atoms with Crippen molar-refractivity contribution in [3.8, 4) is 0 Å². The highest BCUT2D eigenvalue weighted by atomic mass is 19.1. The Bertz CT molecular complexity index is 1250. The SMILES string of the molecule is [B]c1ccc(N)c(NC(=O)c2c(C)[nH]c(/C=C3\C(=O)Nc4ccc(F)cc43)c2C)c1. The molecule has 3 aromatic rings. The van der Waals surface area contributed by atoms with Crippen LogP contribution < -0.4 is 21.8 Å². The van der Waals surface area contributed by atoms with E-state index in [1.54, 1.807) is 38.1 Å². The van der Waals surface area contributed by atoms with Gasteiger partial charge in [-0.1, -0.05) is 11.5 Å². The molecular weight excluding hydrogens is 382 g/mol. The second-order valence-electron chi connectivity index (χ2n) is 7.17. The van der Waals surface area contributed by atoms with Crippen molar-refractivity contribution in [1.29, 1.82) is 0 Å². The molecule has 0 fully saturated rings. The first-order valence-corrected chi connectivity index (χ1v) is 9.23. The van der Waals surface area contributed by atoms with Gasteiger partial charge in [-0.25, -0.2) is 4.39 Å². The maximum absolute atomic E-state index is 13.7. The number of nitrogens with two attached hydrogens (primary N) is 1. The number of aromatic nitrogens is 1. The topological polar surface area (TPSA) is 100 Å². The van der Waals surface area contributed by atoms with E-state index >= 15 is 0 Å². The van der Waals surface area contributed by atoms with Crippen molar-refractivity contribution in [1.82, 2.24) is 4.98 Å². The fourth-order valence-corrected chi connectivity index (χ4v) is 3.57. The molecule has 8 heteroatoms. The Morgan fingerprint density at radius 1 is 1.20 bits per heavy atom. The van der Waals surface area contributed by atoms with Crippen LogP contribution in [0.4, 0.5) is 21.5 Å². The number of hydrogen-bond donors (Lipinski definition) is 4.